The van der Waals surface area contributed by atoms with Gasteiger partial charge < -0.3 is 10.2 Å². The van der Waals surface area contributed by atoms with Crippen LogP contribution in [0.2, 0.25) is 10.0 Å². The Bertz CT molecular complexity index is 780. The SMILES string of the molecule is CCCCCN(CC(=O)Nc1ncc(C)s1)C(=O)c1ccc(Cl)cc1Cl. The zero-order valence-electron chi connectivity index (χ0n) is 14.7. The van der Waals surface area contributed by atoms with Gasteiger partial charge in [0.1, 0.15) is 6.54 Å². The second-order valence-electron chi connectivity index (χ2n) is 5.88. The molecule has 1 aromatic heterocycles. The number of carbonyl (C=O) groups excluding carboxylic acids is 2. The lowest BCUT2D eigenvalue weighted by molar-refractivity contribution is -0.116. The fourth-order valence-electron chi connectivity index (χ4n) is 2.38. The molecule has 0 saturated carbocycles. The molecular weight excluding hydrogens is 393 g/mol. The van der Waals surface area contributed by atoms with Crippen LogP contribution in [0.4, 0.5) is 5.13 Å². The molecule has 8 heteroatoms. The minimum Gasteiger partial charge on any atom is -0.329 e. The number of aryl methyl sites for hydroxylation is 1. The van der Waals surface area contributed by atoms with Crippen LogP contribution in [0.5, 0.6) is 0 Å². The molecule has 1 heterocycles. The lowest BCUT2D eigenvalue weighted by atomic mass is 10.1. The summed E-state index contributed by atoms with van der Waals surface area (Å²) in [7, 11) is 0. The molecular formula is C18H21Cl2N3O2S. The summed E-state index contributed by atoms with van der Waals surface area (Å²) < 4.78 is 0. The van der Waals surface area contributed by atoms with Gasteiger partial charge in [-0.1, -0.05) is 43.0 Å². The number of nitrogens with zero attached hydrogens (tertiary/aromatic N) is 2. The molecule has 26 heavy (non-hydrogen) atoms. The average molecular weight is 414 g/mol. The van der Waals surface area contributed by atoms with Crippen LogP contribution in [-0.4, -0.2) is 34.8 Å². The van der Waals surface area contributed by atoms with Crippen LogP contribution in [0.3, 0.4) is 0 Å². The summed E-state index contributed by atoms with van der Waals surface area (Å²) >= 11 is 13.5. The van der Waals surface area contributed by atoms with Crippen molar-refractivity contribution in [1.82, 2.24) is 9.88 Å². The molecule has 5 nitrogen and oxygen atoms in total. The Balaban J connectivity index is 2.10. The standard InChI is InChI=1S/C18H21Cl2N3O2S/c1-3-4-5-8-23(11-16(24)22-18-21-10-12(2)26-18)17(25)14-7-6-13(19)9-15(14)20/h6-7,9-10H,3-5,8,11H2,1-2H3,(H,21,22,24). The zero-order chi connectivity index (χ0) is 19.1. The summed E-state index contributed by atoms with van der Waals surface area (Å²) in [6, 6.07) is 4.73. The molecule has 2 rings (SSSR count). The van der Waals surface area contributed by atoms with Gasteiger partial charge in [-0.3, -0.25) is 9.59 Å². The summed E-state index contributed by atoms with van der Waals surface area (Å²) in [4.78, 5) is 31.8. The predicted molar refractivity (Wildman–Crippen MR) is 107 cm³/mol. The van der Waals surface area contributed by atoms with E-state index in [2.05, 4.69) is 17.2 Å². The third kappa shape index (κ3) is 5.97. The molecule has 140 valence electrons. The molecule has 1 aromatic carbocycles. The normalized spacial score (nSPS) is 10.6. The van der Waals surface area contributed by atoms with E-state index in [-0.39, 0.29) is 23.4 Å². The minimum absolute atomic E-state index is 0.0554. The summed E-state index contributed by atoms with van der Waals surface area (Å²) in [5.74, 6) is -0.567. The number of amides is 2. The number of carbonyl (C=O) groups is 2. The van der Waals surface area contributed by atoms with E-state index < -0.39 is 0 Å². The highest BCUT2D eigenvalue weighted by atomic mass is 35.5. The van der Waals surface area contributed by atoms with E-state index in [1.807, 2.05) is 6.92 Å². The van der Waals surface area contributed by atoms with E-state index in [0.717, 1.165) is 24.1 Å². The molecule has 0 aliphatic heterocycles. The second-order valence-corrected chi connectivity index (χ2v) is 7.96. The first-order valence-corrected chi connectivity index (χ1v) is 9.94. The monoisotopic (exact) mass is 413 g/mol. The second kappa shape index (κ2) is 9.90. The van der Waals surface area contributed by atoms with Gasteiger partial charge >= 0.3 is 0 Å². The molecule has 2 aromatic rings. The highest BCUT2D eigenvalue weighted by molar-refractivity contribution is 7.15. The van der Waals surface area contributed by atoms with Crippen molar-refractivity contribution in [2.75, 3.05) is 18.4 Å². The van der Waals surface area contributed by atoms with Gasteiger partial charge in [-0.2, -0.15) is 0 Å². The van der Waals surface area contributed by atoms with E-state index in [9.17, 15) is 9.59 Å². The quantitative estimate of drug-likeness (QED) is 0.617. The molecule has 0 atom stereocenters. The van der Waals surface area contributed by atoms with Gasteiger partial charge in [0.15, 0.2) is 5.13 Å². The van der Waals surface area contributed by atoms with Crippen molar-refractivity contribution < 1.29 is 9.59 Å². The topological polar surface area (TPSA) is 62.3 Å². The Morgan fingerprint density at radius 3 is 2.65 bits per heavy atom. The molecule has 0 fully saturated rings. The van der Waals surface area contributed by atoms with E-state index in [1.165, 1.54) is 22.3 Å². The maximum Gasteiger partial charge on any atom is 0.255 e. The van der Waals surface area contributed by atoms with Gasteiger partial charge in [0.2, 0.25) is 5.91 Å². The van der Waals surface area contributed by atoms with E-state index in [4.69, 9.17) is 23.2 Å². The number of aromatic nitrogens is 1. The first-order chi connectivity index (χ1) is 12.4. The van der Waals surface area contributed by atoms with Crippen LogP contribution in [0, 0.1) is 6.92 Å². The van der Waals surface area contributed by atoms with Crippen molar-refractivity contribution >= 4 is 51.5 Å². The lowest BCUT2D eigenvalue weighted by Crippen LogP contribution is -2.38. The molecule has 2 amide bonds. The molecule has 0 aliphatic carbocycles. The number of hydrogen-bond acceptors (Lipinski definition) is 4. The first-order valence-electron chi connectivity index (χ1n) is 8.37. The predicted octanol–water partition coefficient (Wildman–Crippen LogP) is 5.03. The summed E-state index contributed by atoms with van der Waals surface area (Å²) in [5.41, 5.74) is 0.338. The maximum absolute atomic E-state index is 12.9. The number of nitrogens with one attached hydrogen (secondary N) is 1. The van der Waals surface area contributed by atoms with Crippen molar-refractivity contribution in [2.24, 2.45) is 0 Å². The van der Waals surface area contributed by atoms with Gasteiger partial charge in [0.05, 0.1) is 10.6 Å². The Kier molecular flexibility index (Phi) is 7.87. The number of hydrogen-bond donors (Lipinski definition) is 1. The Morgan fingerprint density at radius 1 is 1.27 bits per heavy atom. The van der Waals surface area contributed by atoms with E-state index in [1.54, 1.807) is 18.3 Å². The number of benzene rings is 1. The van der Waals surface area contributed by atoms with Crippen LogP contribution < -0.4 is 5.32 Å². The molecule has 0 spiro atoms. The lowest BCUT2D eigenvalue weighted by Gasteiger charge is -2.22. The van der Waals surface area contributed by atoms with Crippen LogP contribution in [0.15, 0.2) is 24.4 Å². The van der Waals surface area contributed by atoms with Crippen molar-refractivity contribution in [3.63, 3.8) is 0 Å². The Labute approximate surface area is 167 Å². The van der Waals surface area contributed by atoms with Crippen molar-refractivity contribution in [2.45, 2.75) is 33.1 Å². The fourth-order valence-corrected chi connectivity index (χ4v) is 3.55. The molecule has 0 bridgehead atoms. The smallest absolute Gasteiger partial charge is 0.255 e. The van der Waals surface area contributed by atoms with Crippen molar-refractivity contribution in [3.05, 3.63) is 44.9 Å². The van der Waals surface area contributed by atoms with E-state index >= 15 is 0 Å². The maximum atomic E-state index is 12.9. The highest BCUT2D eigenvalue weighted by Crippen LogP contribution is 2.23. The number of unbranched alkanes of at least 4 members (excludes halogenated alkanes) is 2. The largest absolute Gasteiger partial charge is 0.329 e. The molecule has 0 aliphatic rings. The molecule has 1 N–H and O–H groups in total. The Morgan fingerprint density at radius 2 is 2.04 bits per heavy atom. The summed E-state index contributed by atoms with van der Waals surface area (Å²) in [6.07, 6.45) is 4.51. The molecule has 0 unspecified atom stereocenters. The van der Waals surface area contributed by atoms with E-state index in [0.29, 0.717) is 22.3 Å². The van der Waals surface area contributed by atoms with Gasteiger partial charge in [-0.05, 0) is 31.5 Å². The fraction of sp³-hybridized carbons (Fsp3) is 0.389. The van der Waals surface area contributed by atoms with Gasteiger partial charge in [0, 0.05) is 22.6 Å². The molecule has 0 radical (unpaired) electrons. The van der Waals surface area contributed by atoms with Crippen LogP contribution in [-0.2, 0) is 4.79 Å². The first kappa shape index (κ1) is 20.7. The number of halogens is 2. The highest BCUT2D eigenvalue weighted by Gasteiger charge is 2.21. The number of rotatable bonds is 8. The minimum atomic E-state index is -0.284. The van der Waals surface area contributed by atoms with Crippen LogP contribution in [0.1, 0.15) is 41.4 Å². The van der Waals surface area contributed by atoms with Crippen LogP contribution >= 0.6 is 34.5 Å². The summed E-state index contributed by atoms with van der Waals surface area (Å²) in [5, 5.41) is 4.00. The zero-order valence-corrected chi connectivity index (χ0v) is 17.0. The number of thiazole rings is 1. The average Bonchev–Trinajstić information content (AvgIpc) is 2.98. The van der Waals surface area contributed by atoms with Crippen molar-refractivity contribution in [3.8, 4) is 0 Å². The third-order valence-electron chi connectivity index (χ3n) is 3.68. The van der Waals surface area contributed by atoms with Crippen molar-refractivity contribution in [1.29, 1.82) is 0 Å². The third-order valence-corrected chi connectivity index (χ3v) is 5.06. The summed E-state index contributed by atoms with van der Waals surface area (Å²) in [6.45, 7) is 4.42. The van der Waals surface area contributed by atoms with Gasteiger partial charge in [0.25, 0.3) is 5.91 Å². The van der Waals surface area contributed by atoms with Gasteiger partial charge in [-0.25, -0.2) is 4.98 Å². The number of anilines is 1. The Hall–Kier alpha value is -1.63. The molecule has 0 saturated heterocycles. The van der Waals surface area contributed by atoms with Gasteiger partial charge in [-0.15, -0.1) is 11.3 Å². The van der Waals surface area contributed by atoms with Crippen LogP contribution in [0.25, 0.3) is 0 Å².